The number of benzene rings is 1. The number of rotatable bonds is 4. The molecule has 1 aromatic rings. The second-order valence-electron chi connectivity index (χ2n) is 5.16. The molecule has 3 heteroatoms. The Bertz CT molecular complexity index is 392. The maximum atomic E-state index is 6.04. The number of hydrogen-bond donors (Lipinski definition) is 0. The SMILES string of the molecule is COc1ccc(Br)cc1COC1CCCC(C)C1. The Hall–Kier alpha value is -0.540. The van der Waals surface area contributed by atoms with E-state index in [4.69, 9.17) is 9.47 Å². The summed E-state index contributed by atoms with van der Waals surface area (Å²) in [5.41, 5.74) is 1.12. The Labute approximate surface area is 118 Å². The van der Waals surface area contributed by atoms with Crippen molar-refractivity contribution in [3.63, 3.8) is 0 Å². The van der Waals surface area contributed by atoms with Gasteiger partial charge in [-0.2, -0.15) is 0 Å². The normalized spacial score (nSPS) is 23.9. The Kier molecular flexibility index (Phi) is 5.07. The molecule has 1 aromatic carbocycles. The minimum Gasteiger partial charge on any atom is -0.496 e. The molecule has 1 aliphatic carbocycles. The smallest absolute Gasteiger partial charge is 0.124 e. The molecule has 1 aliphatic rings. The molecule has 0 amide bonds. The number of ether oxygens (including phenoxy) is 2. The summed E-state index contributed by atoms with van der Waals surface area (Å²) in [6.45, 7) is 2.95. The van der Waals surface area contributed by atoms with E-state index in [9.17, 15) is 0 Å². The van der Waals surface area contributed by atoms with E-state index >= 15 is 0 Å². The van der Waals surface area contributed by atoms with Crippen molar-refractivity contribution in [2.45, 2.75) is 45.3 Å². The number of hydrogen-bond acceptors (Lipinski definition) is 2. The van der Waals surface area contributed by atoms with Gasteiger partial charge in [-0.1, -0.05) is 35.7 Å². The van der Waals surface area contributed by atoms with E-state index in [1.807, 2.05) is 12.1 Å². The molecule has 0 aliphatic heterocycles. The van der Waals surface area contributed by atoms with E-state index < -0.39 is 0 Å². The van der Waals surface area contributed by atoms with E-state index in [-0.39, 0.29) is 0 Å². The molecule has 0 spiro atoms. The molecule has 0 N–H and O–H groups in total. The lowest BCUT2D eigenvalue weighted by Crippen LogP contribution is -2.21. The molecule has 100 valence electrons. The summed E-state index contributed by atoms with van der Waals surface area (Å²) in [5, 5.41) is 0. The summed E-state index contributed by atoms with van der Waals surface area (Å²) in [4.78, 5) is 0. The molecule has 1 fully saturated rings. The van der Waals surface area contributed by atoms with Crippen molar-refractivity contribution in [1.82, 2.24) is 0 Å². The fourth-order valence-electron chi connectivity index (χ4n) is 2.60. The van der Waals surface area contributed by atoms with Crippen LogP contribution >= 0.6 is 15.9 Å². The Morgan fingerprint density at radius 2 is 2.17 bits per heavy atom. The van der Waals surface area contributed by atoms with E-state index in [1.165, 1.54) is 25.7 Å². The van der Waals surface area contributed by atoms with Crippen LogP contribution in [0.5, 0.6) is 5.75 Å². The average molecular weight is 313 g/mol. The van der Waals surface area contributed by atoms with Crippen molar-refractivity contribution in [3.05, 3.63) is 28.2 Å². The summed E-state index contributed by atoms with van der Waals surface area (Å²) >= 11 is 3.49. The Morgan fingerprint density at radius 1 is 1.33 bits per heavy atom. The van der Waals surface area contributed by atoms with E-state index in [1.54, 1.807) is 7.11 Å². The highest BCUT2D eigenvalue weighted by atomic mass is 79.9. The third-order valence-corrected chi connectivity index (χ3v) is 4.10. The molecular formula is C15H21BrO2. The molecular weight excluding hydrogens is 292 g/mol. The quantitative estimate of drug-likeness (QED) is 0.811. The minimum absolute atomic E-state index is 0.414. The molecule has 1 saturated carbocycles. The molecule has 0 radical (unpaired) electrons. The van der Waals surface area contributed by atoms with Gasteiger partial charge in [-0.3, -0.25) is 0 Å². The van der Waals surface area contributed by atoms with Crippen LogP contribution in [0.3, 0.4) is 0 Å². The zero-order valence-electron chi connectivity index (χ0n) is 11.1. The van der Waals surface area contributed by atoms with Gasteiger partial charge < -0.3 is 9.47 Å². The first-order valence-electron chi connectivity index (χ1n) is 6.63. The highest BCUT2D eigenvalue weighted by molar-refractivity contribution is 9.10. The van der Waals surface area contributed by atoms with Gasteiger partial charge in [-0.05, 0) is 37.0 Å². The first kappa shape index (κ1) is 13.9. The van der Waals surface area contributed by atoms with Crippen molar-refractivity contribution in [2.75, 3.05) is 7.11 Å². The maximum absolute atomic E-state index is 6.04. The third kappa shape index (κ3) is 3.72. The second-order valence-corrected chi connectivity index (χ2v) is 6.08. The van der Waals surface area contributed by atoms with E-state index in [0.29, 0.717) is 12.7 Å². The molecule has 2 rings (SSSR count). The molecule has 2 unspecified atom stereocenters. The fraction of sp³-hybridized carbons (Fsp3) is 0.600. The average Bonchev–Trinajstić information content (AvgIpc) is 2.37. The van der Waals surface area contributed by atoms with Crippen LogP contribution in [-0.2, 0) is 11.3 Å². The minimum atomic E-state index is 0.414. The van der Waals surface area contributed by atoms with Gasteiger partial charge >= 0.3 is 0 Å². The van der Waals surface area contributed by atoms with Crippen LogP contribution in [0.25, 0.3) is 0 Å². The van der Waals surface area contributed by atoms with Gasteiger partial charge in [0.25, 0.3) is 0 Å². The van der Waals surface area contributed by atoms with Gasteiger partial charge in [0, 0.05) is 10.0 Å². The van der Waals surface area contributed by atoms with Gasteiger partial charge in [0.2, 0.25) is 0 Å². The first-order chi connectivity index (χ1) is 8.69. The predicted molar refractivity (Wildman–Crippen MR) is 76.9 cm³/mol. The summed E-state index contributed by atoms with van der Waals surface area (Å²) in [6.07, 6.45) is 5.44. The van der Waals surface area contributed by atoms with Crippen molar-refractivity contribution >= 4 is 15.9 Å². The van der Waals surface area contributed by atoms with Crippen molar-refractivity contribution in [1.29, 1.82) is 0 Å². The van der Waals surface area contributed by atoms with Crippen LogP contribution in [-0.4, -0.2) is 13.2 Å². The number of halogens is 1. The van der Waals surface area contributed by atoms with Crippen molar-refractivity contribution in [2.24, 2.45) is 5.92 Å². The summed E-state index contributed by atoms with van der Waals surface area (Å²) in [5.74, 6) is 1.70. The molecule has 18 heavy (non-hydrogen) atoms. The van der Waals surface area contributed by atoms with Gasteiger partial charge in [0.15, 0.2) is 0 Å². The lowest BCUT2D eigenvalue weighted by atomic mass is 9.89. The lowest BCUT2D eigenvalue weighted by Gasteiger charge is -2.27. The maximum Gasteiger partial charge on any atom is 0.124 e. The monoisotopic (exact) mass is 312 g/mol. The topological polar surface area (TPSA) is 18.5 Å². The largest absolute Gasteiger partial charge is 0.496 e. The van der Waals surface area contributed by atoms with E-state index in [2.05, 4.69) is 28.9 Å². The zero-order chi connectivity index (χ0) is 13.0. The molecule has 0 saturated heterocycles. The highest BCUT2D eigenvalue weighted by Crippen LogP contribution is 2.28. The zero-order valence-corrected chi connectivity index (χ0v) is 12.7. The Balaban J connectivity index is 1.94. The summed E-state index contributed by atoms with van der Waals surface area (Å²) in [6, 6.07) is 6.04. The predicted octanol–water partition coefficient (Wildman–Crippen LogP) is 4.55. The fourth-order valence-corrected chi connectivity index (χ4v) is 3.01. The first-order valence-corrected chi connectivity index (χ1v) is 7.42. The molecule has 2 nitrogen and oxygen atoms in total. The standard InChI is InChI=1S/C15H21BrO2/c1-11-4-3-5-14(8-11)18-10-12-9-13(16)6-7-15(12)17-2/h6-7,9,11,14H,3-5,8,10H2,1-2H3. The van der Waals surface area contributed by atoms with Crippen LogP contribution in [0.2, 0.25) is 0 Å². The summed E-state index contributed by atoms with van der Waals surface area (Å²) < 4.78 is 12.5. The van der Waals surface area contributed by atoms with Crippen LogP contribution < -0.4 is 4.74 Å². The molecule has 2 atom stereocenters. The van der Waals surface area contributed by atoms with Crippen LogP contribution in [0.1, 0.15) is 38.2 Å². The van der Waals surface area contributed by atoms with Crippen LogP contribution in [0.4, 0.5) is 0 Å². The van der Waals surface area contributed by atoms with Crippen molar-refractivity contribution in [3.8, 4) is 5.75 Å². The van der Waals surface area contributed by atoms with Crippen LogP contribution in [0.15, 0.2) is 22.7 Å². The van der Waals surface area contributed by atoms with Gasteiger partial charge in [-0.25, -0.2) is 0 Å². The second kappa shape index (κ2) is 6.58. The van der Waals surface area contributed by atoms with Crippen LogP contribution in [0, 0.1) is 5.92 Å². The molecule has 0 bridgehead atoms. The Morgan fingerprint density at radius 3 is 2.89 bits per heavy atom. The van der Waals surface area contributed by atoms with Crippen molar-refractivity contribution < 1.29 is 9.47 Å². The van der Waals surface area contributed by atoms with Gasteiger partial charge in [0.1, 0.15) is 5.75 Å². The lowest BCUT2D eigenvalue weighted by molar-refractivity contribution is 0.00393. The molecule has 0 heterocycles. The molecule has 0 aromatic heterocycles. The van der Waals surface area contributed by atoms with E-state index in [0.717, 1.165) is 21.7 Å². The van der Waals surface area contributed by atoms with Gasteiger partial charge in [0.05, 0.1) is 19.8 Å². The number of methoxy groups -OCH3 is 1. The highest BCUT2D eigenvalue weighted by Gasteiger charge is 2.19. The third-order valence-electron chi connectivity index (χ3n) is 3.61. The summed E-state index contributed by atoms with van der Waals surface area (Å²) in [7, 11) is 1.70. The van der Waals surface area contributed by atoms with Gasteiger partial charge in [-0.15, -0.1) is 0 Å².